The summed E-state index contributed by atoms with van der Waals surface area (Å²) in [6.45, 7) is 7.08. The van der Waals surface area contributed by atoms with E-state index in [9.17, 15) is 0 Å². The molecule has 1 spiro atoms. The predicted molar refractivity (Wildman–Crippen MR) is 92.5 cm³/mol. The minimum absolute atomic E-state index is 0. The predicted octanol–water partition coefficient (Wildman–Crippen LogP) is 2.61. The van der Waals surface area contributed by atoms with Gasteiger partial charge in [-0.05, 0) is 33.1 Å². The van der Waals surface area contributed by atoms with E-state index in [1.54, 1.807) is 0 Å². The normalized spacial score (nSPS) is 34.5. The molecule has 3 fully saturated rings. The van der Waals surface area contributed by atoms with Crippen molar-refractivity contribution < 1.29 is 4.74 Å². The topological polar surface area (TPSA) is 50.8 Å². The first-order valence-corrected chi connectivity index (χ1v) is 7.92. The van der Waals surface area contributed by atoms with Crippen molar-refractivity contribution >= 4 is 29.9 Å². The maximum Gasteiger partial charge on any atom is 0.191 e. The molecular formula is C15H28IN3O. The van der Waals surface area contributed by atoms with Gasteiger partial charge in [-0.1, -0.05) is 12.8 Å². The van der Waals surface area contributed by atoms with Crippen molar-refractivity contribution in [1.29, 1.82) is 0 Å². The molecule has 1 heterocycles. The average molecular weight is 393 g/mol. The van der Waals surface area contributed by atoms with Gasteiger partial charge in [-0.3, -0.25) is 0 Å². The van der Waals surface area contributed by atoms with Crippen molar-refractivity contribution in [3.63, 3.8) is 0 Å². The SMILES string of the molecule is CCN(CC)C(N)=NC1C2CCOC2C12CCCC2.I. The Labute approximate surface area is 139 Å². The van der Waals surface area contributed by atoms with Crippen LogP contribution in [0.2, 0.25) is 0 Å². The summed E-state index contributed by atoms with van der Waals surface area (Å²) >= 11 is 0. The van der Waals surface area contributed by atoms with Gasteiger partial charge in [0.25, 0.3) is 0 Å². The lowest BCUT2D eigenvalue weighted by Gasteiger charge is -2.54. The molecule has 0 aromatic rings. The zero-order valence-corrected chi connectivity index (χ0v) is 15.0. The first-order chi connectivity index (χ1) is 9.23. The van der Waals surface area contributed by atoms with E-state index < -0.39 is 0 Å². The van der Waals surface area contributed by atoms with Gasteiger partial charge in [-0.25, -0.2) is 4.99 Å². The molecule has 2 aliphatic carbocycles. The monoisotopic (exact) mass is 393 g/mol. The third-order valence-electron chi connectivity index (χ3n) is 5.59. The number of nitrogens with zero attached hydrogens (tertiary/aromatic N) is 2. The van der Waals surface area contributed by atoms with Gasteiger partial charge >= 0.3 is 0 Å². The molecule has 0 aromatic carbocycles. The summed E-state index contributed by atoms with van der Waals surface area (Å²) in [6, 6.07) is 0.420. The largest absolute Gasteiger partial charge is 0.377 e. The van der Waals surface area contributed by atoms with Gasteiger partial charge in [0.1, 0.15) is 0 Å². The van der Waals surface area contributed by atoms with E-state index in [4.69, 9.17) is 15.5 Å². The Morgan fingerprint density at radius 2 is 1.95 bits per heavy atom. The van der Waals surface area contributed by atoms with E-state index in [-0.39, 0.29) is 24.0 Å². The van der Waals surface area contributed by atoms with Gasteiger partial charge in [-0.2, -0.15) is 0 Å². The van der Waals surface area contributed by atoms with Crippen LogP contribution in [-0.2, 0) is 4.74 Å². The Hall–Kier alpha value is -0.0400. The van der Waals surface area contributed by atoms with Crippen LogP contribution in [0.5, 0.6) is 0 Å². The molecule has 1 saturated heterocycles. The van der Waals surface area contributed by atoms with E-state index in [0.29, 0.717) is 23.5 Å². The third-order valence-corrected chi connectivity index (χ3v) is 5.59. The standard InChI is InChI=1S/C15H27N3O.HI/c1-3-18(4-2)14(16)17-12-11-7-10-19-13(11)15(12)8-5-6-9-15;/h11-13H,3-10H2,1-2H3,(H2,16,17);1H. The van der Waals surface area contributed by atoms with Crippen LogP contribution in [0, 0.1) is 11.3 Å². The zero-order chi connectivity index (χ0) is 13.5. The number of fused-ring (bicyclic) bond motifs is 2. The second-order valence-electron chi connectivity index (χ2n) is 6.29. The number of hydrogen-bond acceptors (Lipinski definition) is 2. The average Bonchev–Trinajstić information content (AvgIpc) is 3.05. The molecule has 3 atom stereocenters. The highest BCUT2D eigenvalue weighted by Crippen LogP contribution is 2.62. The first kappa shape index (κ1) is 16.3. The lowest BCUT2D eigenvalue weighted by atomic mass is 9.54. The molecule has 3 unspecified atom stereocenters. The zero-order valence-electron chi connectivity index (χ0n) is 12.7. The van der Waals surface area contributed by atoms with E-state index in [1.165, 1.54) is 32.1 Å². The van der Waals surface area contributed by atoms with Crippen LogP contribution in [0.15, 0.2) is 4.99 Å². The summed E-state index contributed by atoms with van der Waals surface area (Å²) < 4.78 is 5.99. The number of guanidine groups is 1. The van der Waals surface area contributed by atoms with Crippen LogP contribution in [0.25, 0.3) is 0 Å². The third kappa shape index (κ3) is 2.34. The molecular weight excluding hydrogens is 365 g/mol. The highest BCUT2D eigenvalue weighted by molar-refractivity contribution is 14.0. The molecule has 4 nitrogen and oxygen atoms in total. The number of halogens is 1. The molecule has 5 heteroatoms. The highest BCUT2D eigenvalue weighted by Gasteiger charge is 2.65. The summed E-state index contributed by atoms with van der Waals surface area (Å²) in [6.07, 6.45) is 6.90. The number of aliphatic imine (C=N–C) groups is 1. The van der Waals surface area contributed by atoms with Crippen molar-refractivity contribution in [2.45, 2.75) is 58.1 Å². The number of ether oxygens (including phenoxy) is 1. The van der Waals surface area contributed by atoms with Crippen molar-refractivity contribution in [2.24, 2.45) is 22.1 Å². The Morgan fingerprint density at radius 3 is 2.55 bits per heavy atom. The molecule has 3 rings (SSSR count). The maximum atomic E-state index is 6.22. The fourth-order valence-electron chi connectivity index (χ4n) is 4.61. The van der Waals surface area contributed by atoms with Gasteiger partial charge in [0, 0.05) is 31.0 Å². The van der Waals surface area contributed by atoms with Crippen molar-refractivity contribution in [1.82, 2.24) is 4.90 Å². The van der Waals surface area contributed by atoms with Crippen LogP contribution in [0.3, 0.4) is 0 Å². The summed E-state index contributed by atoms with van der Waals surface area (Å²) in [5.74, 6) is 1.37. The Balaban J connectivity index is 0.00000147. The minimum atomic E-state index is 0. The minimum Gasteiger partial charge on any atom is -0.377 e. The van der Waals surface area contributed by atoms with Crippen LogP contribution < -0.4 is 5.73 Å². The lowest BCUT2D eigenvalue weighted by Crippen LogP contribution is -2.61. The van der Waals surface area contributed by atoms with Crippen molar-refractivity contribution in [3.05, 3.63) is 0 Å². The quantitative estimate of drug-likeness (QED) is 0.456. The van der Waals surface area contributed by atoms with Gasteiger partial charge in [0.15, 0.2) is 5.96 Å². The number of nitrogens with two attached hydrogens (primary N) is 1. The molecule has 116 valence electrons. The molecule has 1 aliphatic heterocycles. The van der Waals surface area contributed by atoms with Crippen LogP contribution in [-0.4, -0.2) is 42.7 Å². The number of rotatable bonds is 3. The van der Waals surface area contributed by atoms with Crippen molar-refractivity contribution in [3.8, 4) is 0 Å². The molecule has 20 heavy (non-hydrogen) atoms. The molecule has 0 bridgehead atoms. The van der Waals surface area contributed by atoms with E-state index in [0.717, 1.165) is 25.7 Å². The van der Waals surface area contributed by atoms with E-state index >= 15 is 0 Å². The maximum absolute atomic E-state index is 6.22. The first-order valence-electron chi connectivity index (χ1n) is 7.92. The molecule has 0 radical (unpaired) electrons. The summed E-state index contributed by atoms with van der Waals surface area (Å²) in [7, 11) is 0. The molecule has 0 aromatic heterocycles. The fraction of sp³-hybridized carbons (Fsp3) is 0.933. The Kier molecular flexibility index (Phi) is 5.21. The Bertz CT molecular complexity index is 364. The van der Waals surface area contributed by atoms with Crippen LogP contribution in [0.4, 0.5) is 0 Å². The summed E-state index contributed by atoms with van der Waals surface area (Å²) in [5, 5.41) is 0. The summed E-state index contributed by atoms with van der Waals surface area (Å²) in [4.78, 5) is 7.10. The van der Waals surface area contributed by atoms with E-state index in [1.807, 2.05) is 0 Å². The van der Waals surface area contributed by atoms with Gasteiger partial charge in [-0.15, -0.1) is 24.0 Å². The molecule has 2 N–H and O–H groups in total. The second-order valence-corrected chi connectivity index (χ2v) is 6.29. The van der Waals surface area contributed by atoms with Crippen molar-refractivity contribution in [2.75, 3.05) is 19.7 Å². The Morgan fingerprint density at radius 1 is 1.30 bits per heavy atom. The smallest absolute Gasteiger partial charge is 0.191 e. The van der Waals surface area contributed by atoms with Gasteiger partial charge < -0.3 is 15.4 Å². The highest BCUT2D eigenvalue weighted by atomic mass is 127. The summed E-state index contributed by atoms with van der Waals surface area (Å²) in [5.41, 5.74) is 6.55. The number of hydrogen-bond donors (Lipinski definition) is 1. The van der Waals surface area contributed by atoms with Crippen LogP contribution in [0.1, 0.15) is 46.0 Å². The second kappa shape index (κ2) is 6.38. The van der Waals surface area contributed by atoms with Crippen LogP contribution >= 0.6 is 24.0 Å². The van der Waals surface area contributed by atoms with Gasteiger partial charge in [0.2, 0.25) is 0 Å². The molecule has 0 amide bonds. The van der Waals surface area contributed by atoms with E-state index in [2.05, 4.69) is 18.7 Å². The van der Waals surface area contributed by atoms with Gasteiger partial charge in [0.05, 0.1) is 12.1 Å². The molecule has 3 aliphatic rings. The molecule has 2 saturated carbocycles. The lowest BCUT2D eigenvalue weighted by molar-refractivity contribution is -0.117. The fourth-order valence-corrected chi connectivity index (χ4v) is 4.61.